The van der Waals surface area contributed by atoms with Crippen LogP contribution in [-0.2, 0) is 9.59 Å². The Hall–Kier alpha value is -0.240. The van der Waals surface area contributed by atoms with Crippen molar-refractivity contribution in [1.82, 2.24) is 0 Å². The summed E-state index contributed by atoms with van der Waals surface area (Å²) in [6.07, 6.45) is -0.383. The summed E-state index contributed by atoms with van der Waals surface area (Å²) in [5, 5.41) is 8.34. The molecule has 0 aromatic rings. The lowest BCUT2D eigenvalue weighted by molar-refractivity contribution is -0.137. The summed E-state index contributed by atoms with van der Waals surface area (Å²) in [4.78, 5) is 21.4. The quantitative estimate of drug-likeness (QED) is 0.311. The third-order valence-corrected chi connectivity index (χ3v) is 1.91. The van der Waals surface area contributed by atoms with Gasteiger partial charge in [-0.3, -0.25) is 9.59 Å². The third kappa shape index (κ3) is 4.51. The molecule has 0 aromatic heterocycles. The molecule has 0 aliphatic heterocycles. The molecule has 0 radical (unpaired) electrons. The van der Waals surface area contributed by atoms with E-state index in [4.69, 9.17) is 16.6 Å². The molecule has 0 saturated carbocycles. The van der Waals surface area contributed by atoms with E-state index in [0.29, 0.717) is 0 Å². The molecule has 0 aliphatic carbocycles. The zero-order valence-electron chi connectivity index (χ0n) is 6.80. The van der Waals surface area contributed by atoms with E-state index in [1.807, 2.05) is 0 Å². The standard InChI is InChI=1S/C6H12N2O3S2/c7-6(8,2-1-3(9)10)4(11)5(12)13/h5,12-13H,1-2,7-8H2,(H,9,10). The van der Waals surface area contributed by atoms with E-state index in [1.165, 1.54) is 0 Å². The Labute approximate surface area is 86.7 Å². The number of carboxylic acid groups (broad SMARTS) is 1. The molecule has 0 rings (SSSR count). The van der Waals surface area contributed by atoms with Gasteiger partial charge in [-0.05, 0) is 6.42 Å². The van der Waals surface area contributed by atoms with Crippen LogP contribution >= 0.6 is 25.3 Å². The zero-order valence-corrected chi connectivity index (χ0v) is 8.59. The van der Waals surface area contributed by atoms with Crippen LogP contribution in [0.4, 0.5) is 0 Å². The van der Waals surface area contributed by atoms with Gasteiger partial charge in [0.05, 0.1) is 0 Å². The van der Waals surface area contributed by atoms with Gasteiger partial charge in [0.1, 0.15) is 10.2 Å². The molecule has 0 aromatic carbocycles. The number of carbonyl (C=O) groups excluding carboxylic acids is 1. The summed E-state index contributed by atoms with van der Waals surface area (Å²) < 4.78 is -0.885. The lowest BCUT2D eigenvalue weighted by atomic mass is 10.0. The van der Waals surface area contributed by atoms with Crippen LogP contribution in [0.25, 0.3) is 0 Å². The number of aliphatic carboxylic acids is 1. The lowest BCUT2D eigenvalue weighted by Gasteiger charge is -2.23. The second kappa shape index (κ2) is 4.85. The Morgan fingerprint density at radius 1 is 1.38 bits per heavy atom. The fourth-order valence-corrected chi connectivity index (χ4v) is 1.16. The van der Waals surface area contributed by atoms with Crippen LogP contribution < -0.4 is 11.5 Å². The SMILES string of the molecule is NC(N)(CCC(=O)O)C(=O)C(S)S. The first-order valence-electron chi connectivity index (χ1n) is 3.47. The maximum atomic E-state index is 11.2. The third-order valence-electron chi connectivity index (χ3n) is 1.45. The Kier molecular flexibility index (Phi) is 4.76. The molecular formula is C6H12N2O3S2. The van der Waals surface area contributed by atoms with Crippen molar-refractivity contribution in [3.05, 3.63) is 0 Å². The summed E-state index contributed by atoms with van der Waals surface area (Å²) in [5.74, 6) is -1.64. The summed E-state index contributed by atoms with van der Waals surface area (Å²) >= 11 is 7.48. The van der Waals surface area contributed by atoms with Gasteiger partial charge in [0, 0.05) is 6.42 Å². The monoisotopic (exact) mass is 224 g/mol. The van der Waals surface area contributed by atoms with Crippen LogP contribution in [0.2, 0.25) is 0 Å². The van der Waals surface area contributed by atoms with E-state index in [1.54, 1.807) is 0 Å². The Morgan fingerprint density at radius 3 is 2.15 bits per heavy atom. The number of nitrogens with two attached hydrogens (primary N) is 2. The number of carbonyl (C=O) groups is 2. The number of Topliss-reactive ketones (excluding diaryl/α,β-unsaturated/α-hetero) is 1. The van der Waals surface area contributed by atoms with Crippen LogP contribution in [0.3, 0.4) is 0 Å². The maximum absolute atomic E-state index is 11.2. The Bertz CT molecular complexity index is 218. The van der Waals surface area contributed by atoms with Crippen LogP contribution in [0.5, 0.6) is 0 Å². The summed E-state index contributed by atoms with van der Waals surface area (Å²) in [6.45, 7) is 0. The van der Waals surface area contributed by atoms with Crippen LogP contribution in [0, 0.1) is 0 Å². The van der Waals surface area contributed by atoms with Gasteiger partial charge in [-0.15, -0.1) is 0 Å². The summed E-state index contributed by atoms with van der Waals surface area (Å²) in [6, 6.07) is 0. The van der Waals surface area contributed by atoms with E-state index in [-0.39, 0.29) is 12.8 Å². The first kappa shape index (κ1) is 12.8. The minimum Gasteiger partial charge on any atom is -0.481 e. The van der Waals surface area contributed by atoms with Crippen molar-refractivity contribution in [3.63, 3.8) is 0 Å². The van der Waals surface area contributed by atoms with Crippen molar-refractivity contribution >= 4 is 37.0 Å². The van der Waals surface area contributed by atoms with Gasteiger partial charge in [-0.25, -0.2) is 0 Å². The van der Waals surface area contributed by atoms with Gasteiger partial charge >= 0.3 is 5.97 Å². The van der Waals surface area contributed by atoms with Gasteiger partial charge in [-0.2, -0.15) is 25.3 Å². The van der Waals surface area contributed by atoms with Crippen molar-refractivity contribution in [1.29, 1.82) is 0 Å². The molecular weight excluding hydrogens is 212 g/mol. The maximum Gasteiger partial charge on any atom is 0.303 e. The summed E-state index contributed by atoms with van der Waals surface area (Å²) in [5.41, 5.74) is 9.09. The molecule has 0 spiro atoms. The normalized spacial score (nSPS) is 11.8. The Balaban J connectivity index is 4.22. The van der Waals surface area contributed by atoms with E-state index < -0.39 is 22.0 Å². The topological polar surface area (TPSA) is 106 Å². The molecule has 0 fully saturated rings. The molecule has 0 heterocycles. The van der Waals surface area contributed by atoms with Crippen molar-refractivity contribution in [2.45, 2.75) is 23.1 Å². The molecule has 0 atom stereocenters. The number of hydrogen-bond acceptors (Lipinski definition) is 6. The zero-order chi connectivity index (χ0) is 10.6. The fourth-order valence-electron chi connectivity index (χ4n) is 0.677. The van der Waals surface area contributed by atoms with Gasteiger partial charge in [0.2, 0.25) is 0 Å². The van der Waals surface area contributed by atoms with E-state index in [0.717, 1.165) is 0 Å². The highest BCUT2D eigenvalue weighted by molar-refractivity contribution is 8.00. The van der Waals surface area contributed by atoms with Crippen LogP contribution in [0.1, 0.15) is 12.8 Å². The van der Waals surface area contributed by atoms with Crippen molar-refractivity contribution in [2.75, 3.05) is 0 Å². The highest BCUT2D eigenvalue weighted by Gasteiger charge is 2.32. The Morgan fingerprint density at radius 2 is 1.85 bits per heavy atom. The second-order valence-electron chi connectivity index (χ2n) is 2.67. The highest BCUT2D eigenvalue weighted by atomic mass is 32.2. The molecule has 5 N–H and O–H groups in total. The summed E-state index contributed by atoms with van der Waals surface area (Å²) in [7, 11) is 0. The molecule has 7 heteroatoms. The van der Waals surface area contributed by atoms with Gasteiger partial charge in [-0.1, -0.05) is 0 Å². The van der Waals surface area contributed by atoms with Crippen molar-refractivity contribution in [2.24, 2.45) is 11.5 Å². The van der Waals surface area contributed by atoms with E-state index in [2.05, 4.69) is 25.3 Å². The molecule has 5 nitrogen and oxygen atoms in total. The van der Waals surface area contributed by atoms with E-state index in [9.17, 15) is 9.59 Å². The molecule has 13 heavy (non-hydrogen) atoms. The number of carboxylic acids is 1. The van der Waals surface area contributed by atoms with E-state index >= 15 is 0 Å². The number of rotatable bonds is 5. The first-order valence-corrected chi connectivity index (χ1v) is 4.50. The molecule has 0 saturated heterocycles. The predicted octanol–water partition coefficient (Wildman–Crippen LogP) is -0.780. The predicted molar refractivity (Wildman–Crippen MR) is 54.7 cm³/mol. The minimum absolute atomic E-state index is 0.126. The van der Waals surface area contributed by atoms with Gasteiger partial charge < -0.3 is 16.6 Å². The van der Waals surface area contributed by atoms with Crippen LogP contribution in [0.15, 0.2) is 0 Å². The fraction of sp³-hybridized carbons (Fsp3) is 0.667. The molecule has 0 aliphatic rings. The number of hydrogen-bond donors (Lipinski definition) is 5. The first-order chi connectivity index (χ1) is 5.77. The van der Waals surface area contributed by atoms with Crippen molar-refractivity contribution < 1.29 is 14.7 Å². The second-order valence-corrected chi connectivity index (χ2v) is 4.11. The molecule has 0 bridgehead atoms. The average Bonchev–Trinajstić information content (AvgIpc) is 1.99. The molecule has 76 valence electrons. The number of ketones is 1. The van der Waals surface area contributed by atoms with Crippen molar-refractivity contribution in [3.8, 4) is 0 Å². The largest absolute Gasteiger partial charge is 0.481 e. The van der Waals surface area contributed by atoms with Gasteiger partial charge in [0.25, 0.3) is 0 Å². The number of thiol groups is 2. The van der Waals surface area contributed by atoms with Crippen LogP contribution in [-0.4, -0.2) is 27.1 Å². The highest BCUT2D eigenvalue weighted by Crippen LogP contribution is 2.12. The lowest BCUT2D eigenvalue weighted by Crippen LogP contribution is -2.58. The average molecular weight is 224 g/mol. The molecule has 0 amide bonds. The smallest absolute Gasteiger partial charge is 0.303 e. The van der Waals surface area contributed by atoms with Gasteiger partial charge in [0.15, 0.2) is 5.78 Å². The molecule has 0 unspecified atom stereocenters. The minimum atomic E-state index is -1.66.